The van der Waals surface area contributed by atoms with E-state index in [-0.39, 0.29) is 0 Å². The van der Waals surface area contributed by atoms with Gasteiger partial charge in [-0.2, -0.15) is 11.8 Å². The van der Waals surface area contributed by atoms with Crippen molar-refractivity contribution in [3.63, 3.8) is 0 Å². The summed E-state index contributed by atoms with van der Waals surface area (Å²) in [5.41, 5.74) is 6.01. The first-order valence-electron chi connectivity index (χ1n) is 5.31. The second-order valence-corrected chi connectivity index (χ2v) is 5.33. The van der Waals surface area contributed by atoms with Crippen LogP contribution in [0.15, 0.2) is 0 Å². The average molecular weight is 200 g/mol. The van der Waals surface area contributed by atoms with E-state index < -0.39 is 0 Å². The van der Waals surface area contributed by atoms with Gasteiger partial charge in [-0.25, -0.2) is 0 Å². The zero-order valence-corrected chi connectivity index (χ0v) is 9.22. The van der Waals surface area contributed by atoms with Gasteiger partial charge in [0.1, 0.15) is 0 Å². The van der Waals surface area contributed by atoms with Crippen molar-refractivity contribution in [2.45, 2.75) is 43.8 Å². The molecule has 2 N–H and O–H groups in total. The lowest BCUT2D eigenvalue weighted by atomic mass is 9.98. The Hall–Kier alpha value is 0.270. The molecule has 0 aromatic heterocycles. The van der Waals surface area contributed by atoms with Gasteiger partial charge in [0.25, 0.3) is 0 Å². The Balaban J connectivity index is 1.90. The number of rotatable bonds is 3. The molecule has 2 nitrogen and oxygen atoms in total. The molecule has 0 radical (unpaired) electrons. The standard InChI is InChI=1S/C10H20N2S/c1-13-5-4-12-9-2-3-10(12)7-8(11)6-9/h8-10H,2-7,11H2,1H3/t8?,9-,10+. The molecule has 2 fully saturated rings. The molecule has 0 aromatic carbocycles. The number of nitrogens with two attached hydrogens (primary N) is 1. The smallest absolute Gasteiger partial charge is 0.0114 e. The Morgan fingerprint density at radius 2 is 1.92 bits per heavy atom. The van der Waals surface area contributed by atoms with Crippen molar-refractivity contribution < 1.29 is 0 Å². The maximum atomic E-state index is 6.01. The molecule has 2 bridgehead atoms. The first-order valence-corrected chi connectivity index (χ1v) is 6.71. The molecule has 0 spiro atoms. The summed E-state index contributed by atoms with van der Waals surface area (Å²) in [7, 11) is 0. The summed E-state index contributed by atoms with van der Waals surface area (Å²) < 4.78 is 0. The van der Waals surface area contributed by atoms with Crippen LogP contribution in [-0.2, 0) is 0 Å². The van der Waals surface area contributed by atoms with Crippen LogP contribution >= 0.6 is 11.8 Å². The lowest BCUT2D eigenvalue weighted by molar-refractivity contribution is 0.137. The fraction of sp³-hybridized carbons (Fsp3) is 1.00. The lowest BCUT2D eigenvalue weighted by Gasteiger charge is -2.37. The predicted molar refractivity (Wildman–Crippen MR) is 59.1 cm³/mol. The van der Waals surface area contributed by atoms with Gasteiger partial charge in [-0.3, -0.25) is 4.90 Å². The number of piperidine rings is 1. The van der Waals surface area contributed by atoms with E-state index in [0.717, 1.165) is 12.1 Å². The highest BCUT2D eigenvalue weighted by atomic mass is 32.2. The fourth-order valence-electron chi connectivity index (χ4n) is 2.88. The fourth-order valence-corrected chi connectivity index (χ4v) is 3.27. The number of nitrogens with zero attached hydrogens (tertiary/aromatic N) is 1. The summed E-state index contributed by atoms with van der Waals surface area (Å²) in [5, 5.41) is 0. The van der Waals surface area contributed by atoms with Crippen molar-refractivity contribution in [3.05, 3.63) is 0 Å². The van der Waals surface area contributed by atoms with Crippen molar-refractivity contribution >= 4 is 11.8 Å². The van der Waals surface area contributed by atoms with Gasteiger partial charge < -0.3 is 5.73 Å². The largest absolute Gasteiger partial charge is 0.328 e. The minimum Gasteiger partial charge on any atom is -0.328 e. The van der Waals surface area contributed by atoms with Gasteiger partial charge in [0.2, 0.25) is 0 Å². The van der Waals surface area contributed by atoms with Crippen molar-refractivity contribution in [1.29, 1.82) is 0 Å². The van der Waals surface area contributed by atoms with E-state index in [1.54, 1.807) is 0 Å². The number of thioether (sulfide) groups is 1. The third kappa shape index (κ3) is 2.03. The lowest BCUT2D eigenvalue weighted by Crippen LogP contribution is -2.48. The summed E-state index contributed by atoms with van der Waals surface area (Å²) in [5.74, 6) is 1.28. The zero-order chi connectivity index (χ0) is 9.26. The Kier molecular flexibility index (Phi) is 3.17. The second-order valence-electron chi connectivity index (χ2n) is 4.35. The number of hydrogen-bond donors (Lipinski definition) is 1. The van der Waals surface area contributed by atoms with E-state index in [2.05, 4.69) is 11.2 Å². The van der Waals surface area contributed by atoms with Crippen molar-refractivity contribution in [2.24, 2.45) is 5.73 Å². The topological polar surface area (TPSA) is 29.3 Å². The van der Waals surface area contributed by atoms with Crippen LogP contribution in [0.4, 0.5) is 0 Å². The van der Waals surface area contributed by atoms with Gasteiger partial charge in [-0.05, 0) is 31.9 Å². The SMILES string of the molecule is CSCCN1[C@@H]2CC[C@H]1CC(N)C2. The number of hydrogen-bond acceptors (Lipinski definition) is 3. The molecule has 76 valence electrons. The molecular formula is C10H20N2S. The first kappa shape index (κ1) is 9.81. The first-order chi connectivity index (χ1) is 6.31. The Bertz CT molecular complexity index is 160. The number of fused-ring (bicyclic) bond motifs is 2. The quantitative estimate of drug-likeness (QED) is 0.744. The maximum absolute atomic E-state index is 6.01. The van der Waals surface area contributed by atoms with E-state index in [1.165, 1.54) is 38.0 Å². The predicted octanol–water partition coefficient (Wildman–Crippen LogP) is 1.30. The summed E-state index contributed by atoms with van der Waals surface area (Å²) in [6, 6.07) is 2.13. The van der Waals surface area contributed by atoms with Crippen molar-refractivity contribution in [1.82, 2.24) is 4.90 Å². The zero-order valence-electron chi connectivity index (χ0n) is 8.41. The Labute approximate surface area is 85.2 Å². The van der Waals surface area contributed by atoms with E-state index in [9.17, 15) is 0 Å². The van der Waals surface area contributed by atoms with Gasteiger partial charge in [-0.15, -0.1) is 0 Å². The van der Waals surface area contributed by atoms with Crippen molar-refractivity contribution in [2.75, 3.05) is 18.6 Å². The average Bonchev–Trinajstić information content (AvgIpc) is 2.33. The van der Waals surface area contributed by atoms with Crippen LogP contribution in [0.5, 0.6) is 0 Å². The molecule has 1 unspecified atom stereocenters. The van der Waals surface area contributed by atoms with Gasteiger partial charge in [0.15, 0.2) is 0 Å². The third-order valence-corrected chi connectivity index (χ3v) is 4.07. The van der Waals surface area contributed by atoms with Crippen LogP contribution in [0.1, 0.15) is 25.7 Å². The van der Waals surface area contributed by atoms with Gasteiger partial charge in [0.05, 0.1) is 0 Å². The summed E-state index contributed by atoms with van der Waals surface area (Å²) in [6.07, 6.45) is 7.47. The van der Waals surface area contributed by atoms with E-state index in [4.69, 9.17) is 5.73 Å². The molecule has 0 saturated carbocycles. The molecule has 2 heterocycles. The molecule has 0 amide bonds. The molecule has 13 heavy (non-hydrogen) atoms. The minimum absolute atomic E-state index is 0.489. The highest BCUT2D eigenvalue weighted by Gasteiger charge is 2.38. The molecule has 0 aliphatic carbocycles. The van der Waals surface area contributed by atoms with Crippen LogP contribution in [0.3, 0.4) is 0 Å². The molecular weight excluding hydrogens is 180 g/mol. The van der Waals surface area contributed by atoms with E-state index in [0.29, 0.717) is 6.04 Å². The van der Waals surface area contributed by atoms with E-state index >= 15 is 0 Å². The highest BCUT2D eigenvalue weighted by Crippen LogP contribution is 2.34. The summed E-state index contributed by atoms with van der Waals surface area (Å²) in [6.45, 7) is 1.28. The second kappa shape index (κ2) is 4.20. The summed E-state index contributed by atoms with van der Waals surface area (Å²) in [4.78, 5) is 2.71. The van der Waals surface area contributed by atoms with Gasteiger partial charge in [-0.1, -0.05) is 0 Å². The van der Waals surface area contributed by atoms with Crippen LogP contribution in [0, 0.1) is 0 Å². The maximum Gasteiger partial charge on any atom is 0.0114 e. The molecule has 3 atom stereocenters. The van der Waals surface area contributed by atoms with Crippen LogP contribution in [0.25, 0.3) is 0 Å². The van der Waals surface area contributed by atoms with Crippen LogP contribution in [0.2, 0.25) is 0 Å². The Morgan fingerprint density at radius 1 is 1.31 bits per heavy atom. The highest BCUT2D eigenvalue weighted by molar-refractivity contribution is 7.98. The molecule has 2 saturated heterocycles. The van der Waals surface area contributed by atoms with Crippen LogP contribution < -0.4 is 5.73 Å². The molecule has 3 heteroatoms. The molecule has 2 aliphatic heterocycles. The minimum atomic E-state index is 0.489. The molecule has 0 aromatic rings. The monoisotopic (exact) mass is 200 g/mol. The summed E-state index contributed by atoms with van der Waals surface area (Å²) >= 11 is 1.96. The van der Waals surface area contributed by atoms with Gasteiger partial charge in [0, 0.05) is 30.4 Å². The van der Waals surface area contributed by atoms with Crippen molar-refractivity contribution in [3.8, 4) is 0 Å². The van der Waals surface area contributed by atoms with E-state index in [1.807, 2.05) is 11.8 Å². The normalized spacial score (nSPS) is 39.7. The molecule has 2 aliphatic rings. The molecule has 2 rings (SSSR count). The third-order valence-electron chi connectivity index (χ3n) is 3.47. The van der Waals surface area contributed by atoms with Gasteiger partial charge >= 0.3 is 0 Å². The Morgan fingerprint density at radius 3 is 2.46 bits per heavy atom. The van der Waals surface area contributed by atoms with Crippen LogP contribution in [-0.4, -0.2) is 41.6 Å².